The SMILES string of the molecule is CO.Fc1ccc(CN2CCC3CNc4ccc(-c5ccc(F)cc5)cc4C32)cc1. The zero-order chi connectivity index (χ0) is 21.1. The first-order valence-electron chi connectivity index (χ1n) is 10.2. The number of hydrogen-bond donors (Lipinski definition) is 2. The van der Waals surface area contributed by atoms with Gasteiger partial charge in [0.25, 0.3) is 0 Å². The molecular weight excluding hydrogens is 382 g/mol. The summed E-state index contributed by atoms with van der Waals surface area (Å²) in [6, 6.07) is 20.3. The number of hydrogen-bond acceptors (Lipinski definition) is 3. The van der Waals surface area contributed by atoms with E-state index in [0.717, 1.165) is 49.9 Å². The van der Waals surface area contributed by atoms with Crippen LogP contribution in [0, 0.1) is 17.6 Å². The summed E-state index contributed by atoms with van der Waals surface area (Å²) in [6.45, 7) is 2.84. The van der Waals surface area contributed by atoms with Crippen LogP contribution in [0.25, 0.3) is 11.1 Å². The van der Waals surface area contributed by atoms with Crippen molar-refractivity contribution < 1.29 is 13.9 Å². The van der Waals surface area contributed by atoms with Crippen LogP contribution in [-0.2, 0) is 6.54 Å². The van der Waals surface area contributed by atoms with Crippen LogP contribution in [-0.4, -0.2) is 30.2 Å². The lowest BCUT2D eigenvalue weighted by molar-refractivity contribution is 0.220. The number of benzene rings is 3. The number of aliphatic hydroxyl groups is 1. The Kier molecular flexibility index (Phi) is 6.11. The fraction of sp³-hybridized carbons (Fsp3) is 0.280. The molecule has 2 unspecified atom stereocenters. The van der Waals surface area contributed by atoms with Gasteiger partial charge in [-0.3, -0.25) is 4.90 Å². The van der Waals surface area contributed by atoms with Gasteiger partial charge in [-0.2, -0.15) is 0 Å². The molecule has 2 heterocycles. The molecule has 3 nitrogen and oxygen atoms in total. The average molecular weight is 408 g/mol. The fourth-order valence-electron chi connectivity index (χ4n) is 4.62. The molecule has 2 aliphatic rings. The van der Waals surface area contributed by atoms with E-state index in [1.807, 2.05) is 24.3 Å². The third-order valence-corrected chi connectivity index (χ3v) is 6.03. The highest BCUT2D eigenvalue weighted by molar-refractivity contribution is 5.70. The molecule has 0 aromatic heterocycles. The van der Waals surface area contributed by atoms with Crippen LogP contribution in [0.15, 0.2) is 66.7 Å². The summed E-state index contributed by atoms with van der Waals surface area (Å²) in [5, 5.41) is 10.6. The highest BCUT2D eigenvalue weighted by atomic mass is 19.1. The van der Waals surface area contributed by atoms with Gasteiger partial charge < -0.3 is 10.4 Å². The maximum Gasteiger partial charge on any atom is 0.123 e. The third kappa shape index (κ3) is 4.09. The van der Waals surface area contributed by atoms with E-state index < -0.39 is 0 Å². The van der Waals surface area contributed by atoms with E-state index in [2.05, 4.69) is 28.4 Å². The van der Waals surface area contributed by atoms with Crippen molar-refractivity contribution in [3.63, 3.8) is 0 Å². The molecule has 0 amide bonds. The molecule has 0 bridgehead atoms. The zero-order valence-corrected chi connectivity index (χ0v) is 17.0. The first kappa shape index (κ1) is 20.5. The molecular formula is C25H26F2N2O. The fourth-order valence-corrected chi connectivity index (χ4v) is 4.62. The van der Waals surface area contributed by atoms with Gasteiger partial charge in [-0.15, -0.1) is 0 Å². The molecule has 1 fully saturated rings. The molecule has 1 saturated heterocycles. The summed E-state index contributed by atoms with van der Waals surface area (Å²) in [7, 11) is 1.00. The zero-order valence-electron chi connectivity index (χ0n) is 17.0. The Balaban J connectivity index is 0.00000106. The lowest BCUT2D eigenvalue weighted by Gasteiger charge is -2.35. The predicted molar refractivity (Wildman–Crippen MR) is 116 cm³/mol. The van der Waals surface area contributed by atoms with Crippen LogP contribution < -0.4 is 5.32 Å². The van der Waals surface area contributed by atoms with Gasteiger partial charge in [0.2, 0.25) is 0 Å². The average Bonchev–Trinajstić information content (AvgIpc) is 3.20. The van der Waals surface area contributed by atoms with Gasteiger partial charge in [0.1, 0.15) is 11.6 Å². The van der Waals surface area contributed by atoms with Crippen molar-refractivity contribution in [1.82, 2.24) is 4.90 Å². The van der Waals surface area contributed by atoms with Crippen LogP contribution in [0.2, 0.25) is 0 Å². The smallest absolute Gasteiger partial charge is 0.123 e. The molecule has 3 aromatic rings. The van der Waals surface area contributed by atoms with Crippen LogP contribution in [0.3, 0.4) is 0 Å². The molecule has 5 heteroatoms. The molecule has 0 radical (unpaired) electrons. The van der Waals surface area contributed by atoms with Crippen molar-refractivity contribution in [3.05, 3.63) is 89.5 Å². The Morgan fingerprint density at radius 1 is 0.900 bits per heavy atom. The van der Waals surface area contributed by atoms with Crippen molar-refractivity contribution in [2.75, 3.05) is 25.5 Å². The standard InChI is InChI=1S/C24H22F2N2.CH4O/c25-20-6-1-16(2-7-20)15-28-12-11-19-14-27-23-10-5-18(13-22(23)24(19)28)17-3-8-21(26)9-4-17;1-2/h1-10,13,19,24,27H,11-12,14-15H2;2H,1H3. The van der Waals surface area contributed by atoms with Crippen molar-refractivity contribution in [3.8, 4) is 11.1 Å². The highest BCUT2D eigenvalue weighted by Gasteiger charge is 2.39. The summed E-state index contributed by atoms with van der Waals surface area (Å²) in [6.07, 6.45) is 1.15. The number of aliphatic hydroxyl groups excluding tert-OH is 1. The number of likely N-dealkylation sites (tertiary alicyclic amines) is 1. The summed E-state index contributed by atoms with van der Waals surface area (Å²) >= 11 is 0. The highest BCUT2D eigenvalue weighted by Crippen LogP contribution is 2.45. The molecule has 3 aromatic carbocycles. The number of nitrogens with zero attached hydrogens (tertiary/aromatic N) is 1. The molecule has 0 saturated carbocycles. The summed E-state index contributed by atoms with van der Waals surface area (Å²) in [4.78, 5) is 2.51. The number of fused-ring (bicyclic) bond motifs is 3. The minimum atomic E-state index is -0.218. The lowest BCUT2D eigenvalue weighted by atomic mass is 9.87. The Morgan fingerprint density at radius 2 is 1.53 bits per heavy atom. The normalized spacial score (nSPS) is 19.9. The van der Waals surface area contributed by atoms with E-state index in [1.54, 1.807) is 0 Å². The van der Waals surface area contributed by atoms with E-state index in [0.29, 0.717) is 12.0 Å². The second kappa shape index (κ2) is 8.94. The number of nitrogens with one attached hydrogen (secondary N) is 1. The Hall–Kier alpha value is -2.76. The maximum absolute atomic E-state index is 13.3. The van der Waals surface area contributed by atoms with E-state index in [1.165, 1.54) is 35.5 Å². The maximum atomic E-state index is 13.3. The van der Waals surface area contributed by atoms with Gasteiger partial charge in [0.15, 0.2) is 0 Å². The monoisotopic (exact) mass is 408 g/mol. The third-order valence-electron chi connectivity index (χ3n) is 6.03. The quantitative estimate of drug-likeness (QED) is 0.623. The Labute approximate surface area is 176 Å². The number of halogens is 2. The van der Waals surface area contributed by atoms with Gasteiger partial charge in [-0.05, 0) is 77.5 Å². The largest absolute Gasteiger partial charge is 0.400 e. The molecule has 5 rings (SSSR count). The second-order valence-electron chi connectivity index (χ2n) is 7.78. The van der Waals surface area contributed by atoms with Crippen LogP contribution in [0.5, 0.6) is 0 Å². The Morgan fingerprint density at radius 3 is 2.23 bits per heavy atom. The second-order valence-corrected chi connectivity index (χ2v) is 7.78. The summed E-state index contributed by atoms with van der Waals surface area (Å²) in [5.41, 5.74) is 5.75. The van der Waals surface area contributed by atoms with Crippen LogP contribution >= 0.6 is 0 Å². The topological polar surface area (TPSA) is 35.5 Å². The number of anilines is 1. The van der Waals surface area contributed by atoms with Crippen molar-refractivity contribution >= 4 is 5.69 Å². The molecule has 2 N–H and O–H groups in total. The van der Waals surface area contributed by atoms with Crippen molar-refractivity contribution in [2.24, 2.45) is 5.92 Å². The Bertz CT molecular complexity index is 989. The van der Waals surface area contributed by atoms with Gasteiger partial charge in [0, 0.05) is 31.9 Å². The van der Waals surface area contributed by atoms with E-state index in [4.69, 9.17) is 5.11 Å². The summed E-state index contributed by atoms with van der Waals surface area (Å²) < 4.78 is 26.5. The van der Waals surface area contributed by atoms with Crippen molar-refractivity contribution in [1.29, 1.82) is 0 Å². The van der Waals surface area contributed by atoms with Crippen LogP contribution in [0.1, 0.15) is 23.6 Å². The first-order valence-corrected chi connectivity index (χ1v) is 10.2. The van der Waals surface area contributed by atoms with Crippen LogP contribution in [0.4, 0.5) is 14.5 Å². The van der Waals surface area contributed by atoms with Gasteiger partial charge in [-0.1, -0.05) is 30.3 Å². The van der Waals surface area contributed by atoms with Gasteiger partial charge in [-0.25, -0.2) is 8.78 Å². The van der Waals surface area contributed by atoms with Gasteiger partial charge >= 0.3 is 0 Å². The van der Waals surface area contributed by atoms with E-state index in [-0.39, 0.29) is 11.6 Å². The minimum Gasteiger partial charge on any atom is -0.400 e. The summed E-state index contributed by atoms with van der Waals surface area (Å²) in [5.74, 6) is 0.153. The molecule has 2 aliphatic heterocycles. The molecule has 0 aliphatic carbocycles. The number of rotatable bonds is 3. The molecule has 30 heavy (non-hydrogen) atoms. The van der Waals surface area contributed by atoms with E-state index in [9.17, 15) is 8.78 Å². The van der Waals surface area contributed by atoms with E-state index >= 15 is 0 Å². The molecule has 2 atom stereocenters. The minimum absolute atomic E-state index is 0.195. The lowest BCUT2D eigenvalue weighted by Crippen LogP contribution is -2.32. The molecule has 0 spiro atoms. The first-order chi connectivity index (χ1) is 14.7. The molecule has 156 valence electrons. The predicted octanol–water partition coefficient (Wildman–Crippen LogP) is 5.23. The van der Waals surface area contributed by atoms with Crippen molar-refractivity contribution in [2.45, 2.75) is 19.0 Å². The van der Waals surface area contributed by atoms with Gasteiger partial charge in [0.05, 0.1) is 0 Å².